The summed E-state index contributed by atoms with van der Waals surface area (Å²) in [4.78, 5) is 13.7. The molecule has 0 aliphatic carbocycles. The van der Waals surface area contributed by atoms with Crippen molar-refractivity contribution in [1.29, 1.82) is 0 Å². The van der Waals surface area contributed by atoms with E-state index < -0.39 is 5.82 Å². The maximum Gasteiger partial charge on any atom is 0.144 e. The molecule has 1 aromatic heterocycles. The molecular formula is C8H5ClFNO. The molecule has 1 heterocycles. The van der Waals surface area contributed by atoms with Crippen LogP contribution in [0.1, 0.15) is 5.69 Å². The van der Waals surface area contributed by atoms with Gasteiger partial charge in [0.25, 0.3) is 0 Å². The molecule has 0 aliphatic rings. The van der Waals surface area contributed by atoms with Crippen LogP contribution in [0.4, 0.5) is 4.39 Å². The number of hydrogen-bond donors (Lipinski definition) is 0. The van der Waals surface area contributed by atoms with Crippen LogP contribution in [0.3, 0.4) is 0 Å². The van der Waals surface area contributed by atoms with Crippen LogP contribution in [0.5, 0.6) is 0 Å². The fraction of sp³-hybridized carbons (Fsp3) is 0. The first-order valence-corrected chi connectivity index (χ1v) is 3.54. The fourth-order valence-corrected chi connectivity index (χ4v) is 0.825. The van der Waals surface area contributed by atoms with Gasteiger partial charge in [-0.2, -0.15) is 0 Å². The van der Waals surface area contributed by atoms with Crippen molar-refractivity contribution >= 4 is 22.9 Å². The number of halogens is 2. The Balaban J connectivity index is 2.97. The van der Waals surface area contributed by atoms with Gasteiger partial charge in [0.2, 0.25) is 0 Å². The highest BCUT2D eigenvalue weighted by Gasteiger charge is 1.98. The number of nitrogens with zero attached hydrogens (tertiary/aromatic N) is 1. The van der Waals surface area contributed by atoms with E-state index in [1.54, 1.807) is 0 Å². The van der Waals surface area contributed by atoms with Gasteiger partial charge in [-0.25, -0.2) is 4.39 Å². The molecule has 0 unspecified atom stereocenters. The zero-order valence-corrected chi connectivity index (χ0v) is 6.75. The smallest absolute Gasteiger partial charge is 0.144 e. The van der Waals surface area contributed by atoms with Crippen LogP contribution < -0.4 is 0 Å². The molecule has 0 atom stereocenters. The molecule has 1 rings (SSSR count). The van der Waals surface area contributed by atoms with Gasteiger partial charge in [-0.1, -0.05) is 11.6 Å². The summed E-state index contributed by atoms with van der Waals surface area (Å²) in [6, 6.07) is 2.63. The Morgan fingerprint density at radius 1 is 1.58 bits per heavy atom. The zero-order chi connectivity index (χ0) is 8.97. The third-order valence-electron chi connectivity index (χ3n) is 1.19. The van der Waals surface area contributed by atoms with Gasteiger partial charge in [0.1, 0.15) is 12.1 Å². The number of pyridine rings is 1. The molecule has 0 fully saturated rings. The third-order valence-corrected chi connectivity index (χ3v) is 1.51. The second kappa shape index (κ2) is 3.97. The normalized spacial score (nSPS) is 11.3. The van der Waals surface area contributed by atoms with Gasteiger partial charge in [-0.15, -0.1) is 0 Å². The van der Waals surface area contributed by atoms with Gasteiger partial charge >= 0.3 is 0 Å². The van der Waals surface area contributed by atoms with Gasteiger partial charge in [-0.05, 0) is 18.2 Å². The molecule has 0 radical (unpaired) electrons. The van der Waals surface area contributed by atoms with Gasteiger partial charge in [0, 0.05) is 0 Å². The lowest BCUT2D eigenvalue weighted by atomic mass is 10.3. The van der Waals surface area contributed by atoms with E-state index in [1.165, 1.54) is 12.1 Å². The summed E-state index contributed by atoms with van der Waals surface area (Å²) < 4.78 is 12.3. The summed E-state index contributed by atoms with van der Waals surface area (Å²) in [6.07, 6.45) is 2.74. The Kier molecular flexibility index (Phi) is 2.94. The van der Waals surface area contributed by atoms with Crippen LogP contribution in [0.2, 0.25) is 0 Å². The zero-order valence-electron chi connectivity index (χ0n) is 6.00. The number of carbonyl (C=O) groups is 1. The highest BCUT2D eigenvalue weighted by molar-refractivity contribution is 6.49. The summed E-state index contributed by atoms with van der Waals surface area (Å²) >= 11 is 5.60. The van der Waals surface area contributed by atoms with Crippen molar-refractivity contribution in [3.05, 3.63) is 35.9 Å². The average Bonchev–Trinajstić information content (AvgIpc) is 2.06. The Bertz CT molecular complexity index is 307. The van der Waals surface area contributed by atoms with Crippen LogP contribution in [0, 0.1) is 5.82 Å². The summed E-state index contributed by atoms with van der Waals surface area (Å²) in [6.45, 7) is 0. The van der Waals surface area contributed by atoms with Crippen LogP contribution in [-0.4, -0.2) is 11.3 Å². The summed E-state index contributed by atoms with van der Waals surface area (Å²) in [5, 5.41) is 0.199. The monoisotopic (exact) mass is 185 g/mol. The van der Waals surface area contributed by atoms with E-state index in [1.807, 2.05) is 0 Å². The third kappa shape index (κ3) is 2.13. The highest BCUT2D eigenvalue weighted by Crippen LogP contribution is 2.14. The first-order chi connectivity index (χ1) is 5.74. The summed E-state index contributed by atoms with van der Waals surface area (Å²) in [5.74, 6) is -0.436. The molecule has 4 heteroatoms. The molecule has 0 amide bonds. The molecule has 0 aromatic carbocycles. The average molecular weight is 186 g/mol. The van der Waals surface area contributed by atoms with Crippen LogP contribution in [0.25, 0.3) is 5.03 Å². The van der Waals surface area contributed by atoms with Crippen molar-refractivity contribution in [2.24, 2.45) is 0 Å². The lowest BCUT2D eigenvalue weighted by molar-refractivity contribution is -0.104. The predicted octanol–water partition coefficient (Wildman–Crippen LogP) is 2.00. The highest BCUT2D eigenvalue weighted by atomic mass is 35.5. The first kappa shape index (κ1) is 8.87. The van der Waals surface area contributed by atoms with Gasteiger partial charge in [0.05, 0.1) is 16.9 Å². The van der Waals surface area contributed by atoms with Crippen molar-refractivity contribution in [1.82, 2.24) is 4.98 Å². The van der Waals surface area contributed by atoms with Crippen molar-refractivity contribution in [2.45, 2.75) is 0 Å². The largest absolute Gasteiger partial charge is 0.299 e. The minimum Gasteiger partial charge on any atom is -0.299 e. The van der Waals surface area contributed by atoms with Gasteiger partial charge in [0.15, 0.2) is 0 Å². The van der Waals surface area contributed by atoms with E-state index in [2.05, 4.69) is 4.98 Å². The molecule has 0 aliphatic heterocycles. The molecule has 62 valence electrons. The number of hydrogen-bond acceptors (Lipinski definition) is 2. The van der Waals surface area contributed by atoms with E-state index in [9.17, 15) is 9.18 Å². The Hall–Kier alpha value is -1.22. The van der Waals surface area contributed by atoms with E-state index >= 15 is 0 Å². The SMILES string of the molecule is O=C/C=C(\Cl)c1ccc(F)cn1. The molecule has 0 saturated carbocycles. The lowest BCUT2D eigenvalue weighted by Gasteiger charge is -1.94. The maximum absolute atomic E-state index is 12.3. The second-order valence-corrected chi connectivity index (χ2v) is 2.42. The van der Waals surface area contributed by atoms with Crippen molar-refractivity contribution in [3.8, 4) is 0 Å². The fourth-order valence-electron chi connectivity index (χ4n) is 0.662. The van der Waals surface area contributed by atoms with E-state index in [4.69, 9.17) is 11.6 Å². The van der Waals surface area contributed by atoms with Crippen molar-refractivity contribution < 1.29 is 9.18 Å². The van der Waals surface area contributed by atoms with Gasteiger partial charge < -0.3 is 0 Å². The van der Waals surface area contributed by atoms with Gasteiger partial charge in [-0.3, -0.25) is 9.78 Å². The molecule has 0 saturated heterocycles. The molecule has 12 heavy (non-hydrogen) atoms. The first-order valence-electron chi connectivity index (χ1n) is 3.17. The van der Waals surface area contributed by atoms with Crippen LogP contribution in [-0.2, 0) is 4.79 Å². The topological polar surface area (TPSA) is 30.0 Å². The van der Waals surface area contributed by atoms with E-state index in [-0.39, 0.29) is 5.03 Å². The number of aromatic nitrogens is 1. The van der Waals surface area contributed by atoms with Crippen molar-refractivity contribution in [2.75, 3.05) is 0 Å². The molecule has 2 nitrogen and oxygen atoms in total. The molecule has 0 spiro atoms. The minimum atomic E-state index is -0.436. The van der Waals surface area contributed by atoms with E-state index in [0.717, 1.165) is 12.3 Å². The van der Waals surface area contributed by atoms with E-state index in [0.29, 0.717) is 12.0 Å². The summed E-state index contributed by atoms with van der Waals surface area (Å²) in [7, 11) is 0. The lowest BCUT2D eigenvalue weighted by Crippen LogP contribution is -1.85. The quantitative estimate of drug-likeness (QED) is 0.521. The number of aldehydes is 1. The minimum absolute atomic E-state index is 0.199. The molecule has 0 N–H and O–H groups in total. The second-order valence-electron chi connectivity index (χ2n) is 2.01. The Morgan fingerprint density at radius 3 is 2.83 bits per heavy atom. The molecule has 1 aromatic rings. The number of carbonyl (C=O) groups excluding carboxylic acids is 1. The number of allylic oxidation sites excluding steroid dienone is 1. The predicted molar refractivity (Wildman–Crippen MR) is 44.1 cm³/mol. The standard InChI is InChI=1S/C8H5ClFNO/c9-7(3-4-12)8-2-1-6(10)5-11-8/h1-5H/b7-3-. The van der Waals surface area contributed by atoms with Crippen molar-refractivity contribution in [3.63, 3.8) is 0 Å². The summed E-state index contributed by atoms with van der Waals surface area (Å²) in [5.41, 5.74) is 0.380. The molecule has 0 bridgehead atoms. The maximum atomic E-state index is 12.3. The van der Waals surface area contributed by atoms with Crippen LogP contribution in [0.15, 0.2) is 24.4 Å². The number of rotatable bonds is 2. The van der Waals surface area contributed by atoms with Crippen LogP contribution >= 0.6 is 11.6 Å². The Morgan fingerprint density at radius 2 is 2.33 bits per heavy atom. The molecular weight excluding hydrogens is 181 g/mol. The Labute approximate surface area is 73.7 Å².